The first-order chi connectivity index (χ1) is 13.5. The summed E-state index contributed by atoms with van der Waals surface area (Å²) in [5, 5.41) is 12.5. The molecule has 4 rings (SSSR count). The maximum absolute atomic E-state index is 13.3. The Morgan fingerprint density at radius 3 is 2.71 bits per heavy atom. The number of anilines is 1. The third kappa shape index (κ3) is 3.77. The van der Waals surface area contributed by atoms with Crippen molar-refractivity contribution in [3.63, 3.8) is 0 Å². The van der Waals surface area contributed by atoms with E-state index in [9.17, 15) is 19.1 Å². The van der Waals surface area contributed by atoms with Crippen molar-refractivity contribution >= 4 is 23.5 Å². The van der Waals surface area contributed by atoms with Crippen LogP contribution in [0.3, 0.4) is 0 Å². The number of carbonyl (C=O) groups excluding carboxylic acids is 1. The molecule has 0 saturated carbocycles. The van der Waals surface area contributed by atoms with Gasteiger partial charge in [-0.05, 0) is 35.4 Å². The molecule has 3 aromatic rings. The number of aromatic hydroxyl groups is 1. The Kier molecular flexibility index (Phi) is 4.87. The van der Waals surface area contributed by atoms with E-state index in [1.54, 1.807) is 24.3 Å². The standard InChI is InChI=1S/C20H16FN3O3S/c21-13-3-1-2-11(8-13)10-28-20-23-18-17(19(27)24-20)15(9-16(26)22-18)12-4-6-14(25)7-5-12/h1-8,15,25H,9-10H2,(H2,22,23,24,26,27). The molecule has 2 heterocycles. The van der Waals surface area contributed by atoms with Crippen LogP contribution < -0.4 is 10.9 Å². The molecule has 1 aliphatic heterocycles. The van der Waals surface area contributed by atoms with Gasteiger partial charge in [0, 0.05) is 18.1 Å². The molecule has 8 heteroatoms. The van der Waals surface area contributed by atoms with Crippen LogP contribution in [-0.2, 0) is 10.5 Å². The Morgan fingerprint density at radius 1 is 1.18 bits per heavy atom. The Labute approximate surface area is 163 Å². The van der Waals surface area contributed by atoms with E-state index in [0.717, 1.165) is 11.1 Å². The minimum Gasteiger partial charge on any atom is -0.508 e. The lowest BCUT2D eigenvalue weighted by Gasteiger charge is -2.24. The quantitative estimate of drug-likeness (QED) is 0.463. The Hall–Kier alpha value is -3.13. The van der Waals surface area contributed by atoms with Crippen LogP contribution in [0.1, 0.15) is 29.0 Å². The average Bonchev–Trinajstić information content (AvgIpc) is 2.66. The van der Waals surface area contributed by atoms with E-state index in [4.69, 9.17) is 0 Å². The van der Waals surface area contributed by atoms with Gasteiger partial charge < -0.3 is 15.4 Å². The van der Waals surface area contributed by atoms with Crippen molar-refractivity contribution < 1.29 is 14.3 Å². The van der Waals surface area contributed by atoms with Crippen LogP contribution in [0, 0.1) is 5.82 Å². The van der Waals surface area contributed by atoms with E-state index in [-0.39, 0.29) is 35.3 Å². The number of nitrogens with zero attached hydrogens (tertiary/aromatic N) is 1. The molecule has 142 valence electrons. The second-order valence-electron chi connectivity index (χ2n) is 6.45. The molecule has 6 nitrogen and oxygen atoms in total. The number of aromatic amines is 1. The first-order valence-electron chi connectivity index (χ1n) is 8.60. The molecule has 0 saturated heterocycles. The summed E-state index contributed by atoms with van der Waals surface area (Å²) >= 11 is 1.25. The summed E-state index contributed by atoms with van der Waals surface area (Å²) in [5.74, 6) is -0.226. The Bertz CT molecular complexity index is 1100. The number of carbonyl (C=O) groups is 1. The van der Waals surface area contributed by atoms with E-state index in [1.807, 2.05) is 0 Å². The number of aromatic nitrogens is 2. The zero-order valence-electron chi connectivity index (χ0n) is 14.6. The third-order valence-corrected chi connectivity index (χ3v) is 5.43. The summed E-state index contributed by atoms with van der Waals surface area (Å²) in [5.41, 5.74) is 1.57. The maximum atomic E-state index is 13.3. The predicted octanol–water partition coefficient (Wildman–Crippen LogP) is 3.38. The summed E-state index contributed by atoms with van der Waals surface area (Å²) in [6, 6.07) is 12.6. The smallest absolute Gasteiger partial charge is 0.257 e. The lowest BCUT2D eigenvalue weighted by Crippen LogP contribution is -2.31. The fourth-order valence-electron chi connectivity index (χ4n) is 3.19. The van der Waals surface area contributed by atoms with Crippen molar-refractivity contribution in [2.75, 3.05) is 5.32 Å². The minimum atomic E-state index is -0.442. The highest BCUT2D eigenvalue weighted by atomic mass is 32.2. The number of amides is 1. The fourth-order valence-corrected chi connectivity index (χ4v) is 3.99. The number of H-pyrrole nitrogens is 1. The van der Waals surface area contributed by atoms with E-state index < -0.39 is 5.92 Å². The van der Waals surface area contributed by atoms with Gasteiger partial charge in [-0.1, -0.05) is 36.0 Å². The number of benzene rings is 2. The number of nitrogens with one attached hydrogen (secondary N) is 2. The summed E-state index contributed by atoms with van der Waals surface area (Å²) in [4.78, 5) is 32.0. The van der Waals surface area contributed by atoms with Crippen molar-refractivity contribution in [2.45, 2.75) is 23.2 Å². The number of fused-ring (bicyclic) bond motifs is 1. The molecule has 0 bridgehead atoms. The molecule has 3 N–H and O–H groups in total. The Balaban J connectivity index is 1.65. The molecular weight excluding hydrogens is 381 g/mol. The number of rotatable bonds is 4. The molecule has 0 aliphatic carbocycles. The number of phenols is 1. The normalized spacial score (nSPS) is 15.8. The van der Waals surface area contributed by atoms with Gasteiger partial charge in [-0.2, -0.15) is 0 Å². The number of hydrogen-bond donors (Lipinski definition) is 3. The van der Waals surface area contributed by atoms with Gasteiger partial charge in [0.2, 0.25) is 5.91 Å². The molecule has 0 radical (unpaired) electrons. The zero-order chi connectivity index (χ0) is 19.7. The van der Waals surface area contributed by atoms with Crippen molar-refractivity contribution in [2.24, 2.45) is 0 Å². The first kappa shape index (κ1) is 18.2. The monoisotopic (exact) mass is 397 g/mol. The van der Waals surface area contributed by atoms with Gasteiger partial charge in [0.15, 0.2) is 5.16 Å². The topological polar surface area (TPSA) is 95.1 Å². The maximum Gasteiger partial charge on any atom is 0.257 e. The van der Waals surface area contributed by atoms with Gasteiger partial charge in [-0.3, -0.25) is 9.59 Å². The molecule has 1 aromatic heterocycles. The van der Waals surface area contributed by atoms with Crippen molar-refractivity contribution in [1.82, 2.24) is 9.97 Å². The van der Waals surface area contributed by atoms with Crippen LogP contribution in [0.4, 0.5) is 10.2 Å². The van der Waals surface area contributed by atoms with E-state index in [0.29, 0.717) is 16.5 Å². The van der Waals surface area contributed by atoms with E-state index in [1.165, 1.54) is 36.0 Å². The van der Waals surface area contributed by atoms with Gasteiger partial charge in [0.25, 0.3) is 5.56 Å². The minimum absolute atomic E-state index is 0.111. The highest BCUT2D eigenvalue weighted by Crippen LogP contribution is 2.35. The second-order valence-corrected chi connectivity index (χ2v) is 7.41. The first-order valence-corrected chi connectivity index (χ1v) is 9.58. The molecule has 0 spiro atoms. The molecule has 1 amide bonds. The molecule has 2 aromatic carbocycles. The largest absolute Gasteiger partial charge is 0.508 e. The molecular formula is C20H16FN3O3S. The predicted molar refractivity (Wildman–Crippen MR) is 104 cm³/mol. The van der Waals surface area contributed by atoms with Gasteiger partial charge in [0.1, 0.15) is 17.4 Å². The third-order valence-electron chi connectivity index (χ3n) is 4.49. The summed E-state index contributed by atoms with van der Waals surface area (Å²) in [6.07, 6.45) is 0.123. The average molecular weight is 397 g/mol. The van der Waals surface area contributed by atoms with Gasteiger partial charge >= 0.3 is 0 Å². The molecule has 1 aliphatic rings. The highest BCUT2D eigenvalue weighted by molar-refractivity contribution is 7.98. The van der Waals surface area contributed by atoms with Crippen LogP contribution in [-0.4, -0.2) is 21.0 Å². The Morgan fingerprint density at radius 2 is 1.96 bits per heavy atom. The van der Waals surface area contributed by atoms with Crippen molar-refractivity contribution in [1.29, 1.82) is 0 Å². The second kappa shape index (κ2) is 7.47. The van der Waals surface area contributed by atoms with Crippen LogP contribution >= 0.6 is 11.8 Å². The molecule has 0 fully saturated rings. The van der Waals surface area contributed by atoms with Crippen LogP contribution in [0.15, 0.2) is 58.5 Å². The molecule has 28 heavy (non-hydrogen) atoms. The van der Waals surface area contributed by atoms with Crippen LogP contribution in [0.2, 0.25) is 0 Å². The molecule has 1 unspecified atom stereocenters. The lowest BCUT2D eigenvalue weighted by molar-refractivity contribution is -0.116. The van der Waals surface area contributed by atoms with E-state index >= 15 is 0 Å². The van der Waals surface area contributed by atoms with Crippen LogP contribution in [0.5, 0.6) is 5.75 Å². The number of thioether (sulfide) groups is 1. The summed E-state index contributed by atoms with van der Waals surface area (Å²) < 4.78 is 13.3. The zero-order valence-corrected chi connectivity index (χ0v) is 15.4. The van der Waals surface area contributed by atoms with Gasteiger partial charge in [0.05, 0.1) is 5.56 Å². The van der Waals surface area contributed by atoms with E-state index in [2.05, 4.69) is 15.3 Å². The molecule has 1 atom stereocenters. The van der Waals surface area contributed by atoms with Gasteiger partial charge in [-0.25, -0.2) is 9.37 Å². The van der Waals surface area contributed by atoms with Gasteiger partial charge in [-0.15, -0.1) is 0 Å². The van der Waals surface area contributed by atoms with Crippen LogP contribution in [0.25, 0.3) is 0 Å². The number of hydrogen-bond acceptors (Lipinski definition) is 5. The van der Waals surface area contributed by atoms with Crippen molar-refractivity contribution in [3.8, 4) is 5.75 Å². The van der Waals surface area contributed by atoms with Crippen molar-refractivity contribution in [3.05, 3.63) is 81.4 Å². The number of phenolic OH excluding ortho intramolecular Hbond substituents is 1. The summed E-state index contributed by atoms with van der Waals surface area (Å²) in [7, 11) is 0. The lowest BCUT2D eigenvalue weighted by atomic mass is 9.87. The summed E-state index contributed by atoms with van der Waals surface area (Å²) in [6.45, 7) is 0. The number of halogens is 1. The fraction of sp³-hybridized carbons (Fsp3) is 0.150. The highest BCUT2D eigenvalue weighted by Gasteiger charge is 2.30. The SMILES string of the molecule is O=C1CC(c2ccc(O)cc2)c2c(nc(SCc3cccc(F)c3)[nH]c2=O)N1.